The van der Waals surface area contributed by atoms with Crippen molar-refractivity contribution in [2.75, 3.05) is 32.1 Å². The van der Waals surface area contributed by atoms with Crippen LogP contribution in [0.4, 0.5) is 5.00 Å². The van der Waals surface area contributed by atoms with Gasteiger partial charge in [-0.05, 0) is 62.3 Å². The molecule has 12 heteroatoms. The number of benzene rings is 1. The summed E-state index contributed by atoms with van der Waals surface area (Å²) in [5, 5.41) is 2.99. The number of ether oxygens (including phenoxy) is 2. The van der Waals surface area contributed by atoms with Gasteiger partial charge in [0.2, 0.25) is 10.0 Å². The topological polar surface area (TPSA) is 145 Å². The van der Waals surface area contributed by atoms with E-state index in [0.717, 1.165) is 61.8 Å². The van der Waals surface area contributed by atoms with Crippen molar-refractivity contribution in [1.82, 2.24) is 4.31 Å². The van der Waals surface area contributed by atoms with Crippen molar-refractivity contribution in [3.63, 3.8) is 0 Å². The maximum absolute atomic E-state index is 13.3. The van der Waals surface area contributed by atoms with Crippen LogP contribution in [-0.4, -0.2) is 57.3 Å². The predicted octanol–water partition coefficient (Wildman–Crippen LogP) is 3.09. The maximum Gasteiger partial charge on any atom is 0.338 e. The van der Waals surface area contributed by atoms with Gasteiger partial charge in [0.05, 0.1) is 18.2 Å². The Labute approximate surface area is 220 Å². The number of nitrogens with one attached hydrogen (secondary N) is 1. The molecule has 4 rings (SSSR count). The highest BCUT2D eigenvalue weighted by molar-refractivity contribution is 7.89. The van der Waals surface area contributed by atoms with Crippen molar-refractivity contribution in [2.45, 2.75) is 56.3 Å². The van der Waals surface area contributed by atoms with Gasteiger partial charge in [-0.3, -0.25) is 9.59 Å². The molecule has 0 atom stereocenters. The molecule has 1 saturated heterocycles. The van der Waals surface area contributed by atoms with Crippen LogP contribution in [0.15, 0.2) is 23.1 Å². The molecule has 1 aromatic carbocycles. The van der Waals surface area contributed by atoms with Gasteiger partial charge in [-0.25, -0.2) is 13.2 Å². The normalized spacial score (nSPS) is 16.4. The van der Waals surface area contributed by atoms with Crippen molar-refractivity contribution in [3.8, 4) is 5.75 Å². The quantitative estimate of drug-likeness (QED) is 0.481. The minimum Gasteiger partial charge on any atom is -0.495 e. The molecule has 37 heavy (non-hydrogen) atoms. The Bertz CT molecular complexity index is 1300. The van der Waals surface area contributed by atoms with E-state index in [9.17, 15) is 22.8 Å². The number of methoxy groups -OCH3 is 1. The number of nitrogens with zero attached hydrogens (tertiary/aromatic N) is 1. The van der Waals surface area contributed by atoms with Crippen LogP contribution >= 0.6 is 11.3 Å². The molecular formula is C25H31N3O7S2. The van der Waals surface area contributed by atoms with Gasteiger partial charge in [-0.1, -0.05) is 12.8 Å². The molecule has 1 aliphatic carbocycles. The number of sulfonamides is 1. The molecule has 3 N–H and O–H groups in total. The van der Waals surface area contributed by atoms with Crippen molar-refractivity contribution in [1.29, 1.82) is 0 Å². The van der Waals surface area contributed by atoms with E-state index in [1.54, 1.807) is 0 Å². The first-order valence-electron chi connectivity index (χ1n) is 12.3. The zero-order valence-electron chi connectivity index (χ0n) is 20.7. The van der Waals surface area contributed by atoms with Crippen LogP contribution in [0.5, 0.6) is 5.75 Å². The highest BCUT2D eigenvalue weighted by Gasteiger charge is 2.30. The highest BCUT2D eigenvalue weighted by Crippen LogP contribution is 2.38. The summed E-state index contributed by atoms with van der Waals surface area (Å²) in [6.45, 7) is 0.194. The van der Waals surface area contributed by atoms with E-state index in [1.807, 2.05) is 0 Å². The number of carbonyl (C=O) groups excluding carboxylic acids is 3. The summed E-state index contributed by atoms with van der Waals surface area (Å²) in [7, 11) is -2.53. The van der Waals surface area contributed by atoms with E-state index in [1.165, 1.54) is 41.0 Å². The van der Waals surface area contributed by atoms with Crippen LogP contribution in [0, 0.1) is 0 Å². The zero-order chi connectivity index (χ0) is 26.6. The summed E-state index contributed by atoms with van der Waals surface area (Å²) in [6.07, 6.45) is 6.98. The number of fused-ring (bicyclic) bond motifs is 1. The maximum atomic E-state index is 13.3. The molecule has 0 spiro atoms. The van der Waals surface area contributed by atoms with E-state index in [2.05, 4.69) is 5.32 Å². The molecule has 2 aromatic rings. The van der Waals surface area contributed by atoms with Crippen molar-refractivity contribution >= 4 is 44.1 Å². The smallest absolute Gasteiger partial charge is 0.338 e. The molecule has 2 aliphatic rings. The van der Waals surface area contributed by atoms with Crippen molar-refractivity contribution < 1.29 is 32.3 Å². The lowest BCUT2D eigenvalue weighted by Crippen LogP contribution is -2.32. The number of hydrogen-bond donors (Lipinski definition) is 2. The van der Waals surface area contributed by atoms with Gasteiger partial charge >= 0.3 is 5.97 Å². The number of amides is 2. The molecule has 10 nitrogen and oxygen atoms in total. The number of thiophene rings is 1. The number of esters is 1. The molecular weight excluding hydrogens is 518 g/mol. The van der Waals surface area contributed by atoms with Gasteiger partial charge in [0.25, 0.3) is 11.8 Å². The van der Waals surface area contributed by atoms with Crippen molar-refractivity contribution in [2.24, 2.45) is 5.73 Å². The highest BCUT2D eigenvalue weighted by atomic mass is 32.2. The molecule has 2 heterocycles. The summed E-state index contributed by atoms with van der Waals surface area (Å²) in [4.78, 5) is 38.2. The van der Waals surface area contributed by atoms with Crippen LogP contribution in [-0.2, 0) is 32.4 Å². The molecule has 2 amide bonds. The first-order valence-corrected chi connectivity index (χ1v) is 14.6. The van der Waals surface area contributed by atoms with Gasteiger partial charge < -0.3 is 20.5 Å². The summed E-state index contributed by atoms with van der Waals surface area (Å²) in [5.74, 6) is -1.96. The second kappa shape index (κ2) is 11.6. The molecule has 1 fully saturated rings. The monoisotopic (exact) mass is 549 g/mol. The number of anilines is 1. The Morgan fingerprint density at radius 2 is 1.76 bits per heavy atom. The van der Waals surface area contributed by atoms with Crippen LogP contribution < -0.4 is 15.8 Å². The summed E-state index contributed by atoms with van der Waals surface area (Å²) in [6, 6.07) is 4.01. The molecule has 0 unspecified atom stereocenters. The molecule has 0 saturated carbocycles. The lowest BCUT2D eigenvalue weighted by atomic mass is 9.95. The third-order valence-electron chi connectivity index (χ3n) is 6.59. The summed E-state index contributed by atoms with van der Waals surface area (Å²) >= 11 is 1.31. The second-order valence-electron chi connectivity index (χ2n) is 9.09. The first kappa shape index (κ1) is 27.1. The van der Waals surface area contributed by atoms with Crippen LogP contribution in [0.2, 0.25) is 0 Å². The predicted molar refractivity (Wildman–Crippen MR) is 139 cm³/mol. The number of carbonyl (C=O) groups is 3. The van der Waals surface area contributed by atoms with E-state index < -0.39 is 34.4 Å². The fraction of sp³-hybridized carbons (Fsp3) is 0.480. The molecule has 0 bridgehead atoms. The van der Waals surface area contributed by atoms with Gasteiger partial charge in [-0.15, -0.1) is 11.3 Å². The number of hydrogen-bond acceptors (Lipinski definition) is 8. The van der Waals surface area contributed by atoms with E-state index in [0.29, 0.717) is 23.7 Å². The minimum atomic E-state index is -3.89. The Morgan fingerprint density at radius 3 is 2.43 bits per heavy atom. The Kier molecular flexibility index (Phi) is 8.50. The third-order valence-corrected chi connectivity index (χ3v) is 9.71. The number of nitrogens with two attached hydrogens (primary N) is 1. The lowest BCUT2D eigenvalue weighted by molar-refractivity contribution is -0.119. The minimum absolute atomic E-state index is 0.0218. The Morgan fingerprint density at radius 1 is 1.05 bits per heavy atom. The van der Waals surface area contributed by atoms with Crippen LogP contribution in [0.3, 0.4) is 0 Å². The molecule has 1 aromatic heterocycles. The van der Waals surface area contributed by atoms with Gasteiger partial charge in [0.1, 0.15) is 15.6 Å². The molecule has 0 radical (unpaired) electrons. The summed E-state index contributed by atoms with van der Waals surface area (Å²) in [5.41, 5.74) is 6.74. The SMILES string of the molecule is COc1ccc(C(=O)OCC(=O)Nc2sc3c(c2C(N)=O)CCCC3)cc1S(=O)(=O)N1CCCCCC1. The van der Waals surface area contributed by atoms with Gasteiger partial charge in [0, 0.05) is 18.0 Å². The fourth-order valence-corrected chi connectivity index (χ4v) is 7.73. The molecule has 200 valence electrons. The van der Waals surface area contributed by atoms with E-state index in [-0.39, 0.29) is 16.2 Å². The first-order chi connectivity index (χ1) is 17.7. The fourth-order valence-electron chi connectivity index (χ4n) is 4.72. The largest absolute Gasteiger partial charge is 0.495 e. The summed E-state index contributed by atoms with van der Waals surface area (Å²) < 4.78 is 38.5. The van der Waals surface area contributed by atoms with Gasteiger partial charge in [-0.2, -0.15) is 4.31 Å². The number of rotatable bonds is 8. The average molecular weight is 550 g/mol. The molecule has 1 aliphatic heterocycles. The van der Waals surface area contributed by atoms with E-state index >= 15 is 0 Å². The van der Waals surface area contributed by atoms with Crippen molar-refractivity contribution in [3.05, 3.63) is 39.8 Å². The van der Waals surface area contributed by atoms with Gasteiger partial charge in [0.15, 0.2) is 6.61 Å². The standard InChI is InChI=1S/C25H31N3O7S2/c1-34-18-11-10-16(14-20(18)37(32,33)28-12-6-2-3-7-13-28)25(31)35-15-21(29)27-24-22(23(26)30)17-8-4-5-9-19(17)36-24/h10-11,14H,2-9,12-13,15H2,1H3,(H2,26,30)(H,27,29). The van der Waals surface area contributed by atoms with Crippen LogP contribution in [0.1, 0.15) is 69.7 Å². The Hall–Kier alpha value is -2.96. The number of aryl methyl sites for hydroxylation is 1. The van der Waals surface area contributed by atoms with E-state index in [4.69, 9.17) is 15.2 Å². The lowest BCUT2D eigenvalue weighted by Gasteiger charge is -2.21. The van der Waals surface area contributed by atoms with Crippen LogP contribution in [0.25, 0.3) is 0 Å². The second-order valence-corrected chi connectivity index (χ2v) is 12.1. The Balaban J connectivity index is 1.46. The third kappa shape index (κ3) is 5.97. The zero-order valence-corrected chi connectivity index (χ0v) is 22.3. The number of primary amides is 1. The average Bonchev–Trinajstić information content (AvgIpc) is 3.03.